The van der Waals surface area contributed by atoms with Gasteiger partial charge in [0.25, 0.3) is 0 Å². The smallest absolute Gasteiger partial charge is 0.303 e. The highest BCUT2D eigenvalue weighted by Crippen LogP contribution is 2.41. The molecule has 14 nitrogen and oxygen atoms in total. The van der Waals surface area contributed by atoms with E-state index in [0.29, 0.717) is 46.0 Å². The summed E-state index contributed by atoms with van der Waals surface area (Å²) in [7, 11) is 0. The number of hydrogen-bond acceptors (Lipinski definition) is 12. The number of hydrogen-bond donors (Lipinski definition) is 0. The highest BCUT2D eigenvalue weighted by Gasteiger charge is 2.50. The van der Waals surface area contributed by atoms with Gasteiger partial charge in [0, 0.05) is 42.7 Å². The van der Waals surface area contributed by atoms with Crippen LogP contribution < -0.4 is 0 Å². The third kappa shape index (κ3) is 13.8. The van der Waals surface area contributed by atoms with Crippen LogP contribution in [0.1, 0.15) is 71.6 Å². The number of nitrogens with zero attached hydrogens (tertiary/aromatic N) is 3. The van der Waals surface area contributed by atoms with Crippen LogP contribution in [0, 0.1) is 35.5 Å². The molecule has 0 aliphatic carbocycles. The minimum absolute atomic E-state index is 0.00111. The molecule has 0 N–H and O–H groups in total. The second-order valence-electron chi connectivity index (χ2n) is 17.7. The molecule has 14 heteroatoms. The first kappa shape index (κ1) is 49.5. The number of rotatable bonds is 22. The quantitative estimate of drug-likeness (QED) is 0.0312. The third-order valence-electron chi connectivity index (χ3n) is 13.3. The van der Waals surface area contributed by atoms with Gasteiger partial charge in [0.2, 0.25) is 0 Å². The van der Waals surface area contributed by atoms with Crippen molar-refractivity contribution in [1.82, 2.24) is 0 Å². The van der Waals surface area contributed by atoms with Crippen LogP contribution in [0.4, 0.5) is 0 Å². The predicted octanol–water partition coefficient (Wildman–Crippen LogP) is 9.05. The molecule has 15 atom stereocenters. The van der Waals surface area contributed by atoms with Crippen molar-refractivity contribution in [2.45, 2.75) is 130 Å². The van der Waals surface area contributed by atoms with Crippen LogP contribution in [0.25, 0.3) is 10.4 Å². The molecule has 3 aromatic rings. The summed E-state index contributed by atoms with van der Waals surface area (Å²) < 4.78 is 65.4. The molecule has 3 fully saturated rings. The first-order valence-electron chi connectivity index (χ1n) is 23.0. The van der Waals surface area contributed by atoms with Crippen LogP contribution in [-0.4, -0.2) is 94.4 Å². The lowest BCUT2D eigenvalue weighted by molar-refractivity contribution is -0.350. The van der Waals surface area contributed by atoms with Crippen molar-refractivity contribution in [3.05, 3.63) is 118 Å². The van der Waals surface area contributed by atoms with Crippen LogP contribution >= 0.6 is 0 Å². The Hall–Kier alpha value is -3.92. The number of carbonyl (C=O) groups is 1. The lowest BCUT2D eigenvalue weighted by Crippen LogP contribution is -2.60. The third-order valence-corrected chi connectivity index (χ3v) is 13.3. The van der Waals surface area contributed by atoms with Crippen LogP contribution in [0.2, 0.25) is 0 Å². The van der Waals surface area contributed by atoms with Crippen LogP contribution in [0.3, 0.4) is 0 Å². The van der Waals surface area contributed by atoms with Crippen molar-refractivity contribution in [2.24, 2.45) is 40.6 Å². The standard InChI is InChI=1S/C50H69N3O11/c1-32-33(2)44(31-59-49-46(60-38(7)54)35(4)34(3)42(62-49)29-55-26-39-18-11-8-12-19-39)61-48(36(32)5)64-45-37(6)43(30-56-27-40-20-13-9-14-21-40)63-50(57-25-17-24-52-53-51)47(45)58-28-41-22-15-10-16-23-41/h8-16,18-23,32-37,42-50H,17,24-31H2,1-7H3/t32-,33-,34-,35-,36?,37-,42?,43?,44?,45-,46?,47?,48-,49+,50+/m0/s1. The largest absolute Gasteiger partial charge is 0.457 e. The lowest BCUT2D eigenvalue weighted by atomic mass is 9.79. The summed E-state index contributed by atoms with van der Waals surface area (Å²) in [6.07, 6.45) is -4.64. The molecule has 0 spiro atoms. The molecule has 3 aromatic carbocycles. The maximum absolute atomic E-state index is 12.4. The summed E-state index contributed by atoms with van der Waals surface area (Å²) in [6.45, 7) is 16.8. The summed E-state index contributed by atoms with van der Waals surface area (Å²) in [4.78, 5) is 15.3. The zero-order chi connectivity index (χ0) is 45.4. The average Bonchev–Trinajstić information content (AvgIpc) is 3.30. The van der Waals surface area contributed by atoms with Gasteiger partial charge in [0.1, 0.15) is 6.10 Å². The van der Waals surface area contributed by atoms with Gasteiger partial charge in [0.15, 0.2) is 25.0 Å². The maximum atomic E-state index is 12.4. The van der Waals surface area contributed by atoms with E-state index in [1.54, 1.807) is 0 Å². The van der Waals surface area contributed by atoms with Crippen LogP contribution in [-0.2, 0) is 72.0 Å². The Balaban J connectivity index is 1.19. The second-order valence-corrected chi connectivity index (χ2v) is 17.7. The van der Waals surface area contributed by atoms with E-state index in [1.165, 1.54) is 6.92 Å². The zero-order valence-electron chi connectivity index (χ0n) is 38.5. The highest BCUT2D eigenvalue weighted by atomic mass is 16.7. The van der Waals surface area contributed by atoms with Gasteiger partial charge in [-0.1, -0.05) is 138 Å². The van der Waals surface area contributed by atoms with E-state index in [1.807, 2.05) is 91.0 Å². The van der Waals surface area contributed by atoms with Crippen LogP contribution in [0.5, 0.6) is 0 Å². The second kappa shape index (κ2) is 25.1. The molecule has 350 valence electrons. The molecule has 0 amide bonds. The van der Waals surface area contributed by atoms with Gasteiger partial charge in [-0.05, 0) is 46.4 Å². The predicted molar refractivity (Wildman–Crippen MR) is 239 cm³/mol. The fraction of sp³-hybridized carbons (Fsp3) is 0.620. The SMILES string of the molecule is CC(=O)OC1[C@H](OCC2O[C@@H](O[C@@H]3C(OCc4ccccc4)[C@H](OCCCN=[N+]=[N-])OC(COCc4ccccc4)[C@@H]3C)C(C)[C@@H](C)[C@@H]2C)OC(COCc2ccccc2)[C@@H](C)[C@@H]1C. The molecule has 3 aliphatic rings. The topological polar surface area (TPSA) is 158 Å². The molecule has 6 unspecified atom stereocenters. The van der Waals surface area contributed by atoms with Crippen molar-refractivity contribution in [2.75, 3.05) is 33.0 Å². The molecular weight excluding hydrogens is 819 g/mol. The van der Waals surface area contributed by atoms with Crippen molar-refractivity contribution in [3.8, 4) is 0 Å². The number of carbonyl (C=O) groups excluding carboxylic acids is 1. The number of azide groups is 1. The van der Waals surface area contributed by atoms with Crippen molar-refractivity contribution in [3.63, 3.8) is 0 Å². The van der Waals surface area contributed by atoms with E-state index in [9.17, 15) is 4.79 Å². The molecule has 64 heavy (non-hydrogen) atoms. The number of benzene rings is 3. The van der Waals surface area contributed by atoms with Gasteiger partial charge in [-0.15, -0.1) is 0 Å². The van der Waals surface area contributed by atoms with Crippen molar-refractivity contribution >= 4 is 5.97 Å². The summed E-state index contributed by atoms with van der Waals surface area (Å²) in [6, 6.07) is 30.0. The van der Waals surface area contributed by atoms with Gasteiger partial charge >= 0.3 is 5.97 Å². The Morgan fingerprint density at radius 1 is 0.562 bits per heavy atom. The van der Waals surface area contributed by atoms with Gasteiger partial charge in [0.05, 0.1) is 64.1 Å². The minimum atomic E-state index is -0.829. The summed E-state index contributed by atoms with van der Waals surface area (Å²) in [5.41, 5.74) is 12.0. The Bertz CT molecular complexity index is 1860. The molecule has 0 bridgehead atoms. The fourth-order valence-corrected chi connectivity index (χ4v) is 8.74. The molecule has 0 aromatic heterocycles. The molecule has 3 saturated heterocycles. The van der Waals surface area contributed by atoms with Crippen LogP contribution in [0.15, 0.2) is 96.1 Å². The van der Waals surface area contributed by atoms with E-state index in [-0.39, 0.29) is 60.9 Å². The van der Waals surface area contributed by atoms with Gasteiger partial charge in [-0.2, -0.15) is 0 Å². The summed E-state index contributed by atoms with van der Waals surface area (Å²) >= 11 is 0. The van der Waals surface area contributed by atoms with E-state index in [4.69, 9.17) is 52.9 Å². The number of ether oxygens (including phenoxy) is 10. The number of esters is 1. The Morgan fingerprint density at radius 3 is 1.62 bits per heavy atom. The Morgan fingerprint density at radius 2 is 1.06 bits per heavy atom. The van der Waals surface area contributed by atoms with Gasteiger partial charge in [-0.25, -0.2) is 0 Å². The highest BCUT2D eigenvalue weighted by molar-refractivity contribution is 5.66. The molecular formula is C50H69N3O11. The van der Waals surface area contributed by atoms with E-state index in [0.717, 1.165) is 16.7 Å². The van der Waals surface area contributed by atoms with E-state index >= 15 is 0 Å². The Labute approximate surface area is 379 Å². The fourth-order valence-electron chi connectivity index (χ4n) is 8.74. The molecule has 3 heterocycles. The van der Waals surface area contributed by atoms with E-state index in [2.05, 4.69) is 51.6 Å². The molecule has 0 radical (unpaired) electrons. The zero-order valence-corrected chi connectivity index (χ0v) is 38.5. The average molecular weight is 888 g/mol. The molecule has 6 rings (SSSR count). The van der Waals surface area contributed by atoms with Gasteiger partial charge < -0.3 is 47.4 Å². The van der Waals surface area contributed by atoms with Crippen molar-refractivity contribution in [1.29, 1.82) is 0 Å². The molecule has 0 saturated carbocycles. The van der Waals surface area contributed by atoms with Crippen molar-refractivity contribution < 1.29 is 52.2 Å². The monoisotopic (exact) mass is 887 g/mol. The molecule has 3 aliphatic heterocycles. The lowest BCUT2D eigenvalue weighted by Gasteiger charge is -2.49. The maximum Gasteiger partial charge on any atom is 0.303 e. The first-order valence-corrected chi connectivity index (χ1v) is 23.0. The Kier molecular flexibility index (Phi) is 19.4. The summed E-state index contributed by atoms with van der Waals surface area (Å²) in [5.74, 6) is -0.352. The van der Waals surface area contributed by atoms with E-state index < -0.39 is 49.3 Å². The first-order chi connectivity index (χ1) is 31.0. The minimum Gasteiger partial charge on any atom is -0.457 e. The summed E-state index contributed by atoms with van der Waals surface area (Å²) in [5, 5.41) is 3.68. The normalized spacial score (nSPS) is 33.0. The van der Waals surface area contributed by atoms with Gasteiger partial charge in [-0.3, -0.25) is 4.79 Å².